The SMILES string of the molecule is Cc1cccc(C(=O)NCc2cccc(N)c2)c1I. The number of carbonyl (C=O) groups is 1. The highest BCUT2D eigenvalue weighted by molar-refractivity contribution is 14.1. The summed E-state index contributed by atoms with van der Waals surface area (Å²) >= 11 is 2.20. The van der Waals surface area contributed by atoms with Gasteiger partial charge in [-0.15, -0.1) is 0 Å². The van der Waals surface area contributed by atoms with Crippen LogP contribution in [0.4, 0.5) is 5.69 Å². The highest BCUT2D eigenvalue weighted by Crippen LogP contribution is 2.16. The Hall–Kier alpha value is -1.56. The second kappa shape index (κ2) is 6.06. The summed E-state index contributed by atoms with van der Waals surface area (Å²) in [5, 5.41) is 2.91. The molecule has 19 heavy (non-hydrogen) atoms. The molecule has 0 spiro atoms. The molecule has 0 unspecified atom stereocenters. The minimum absolute atomic E-state index is 0.0597. The predicted octanol–water partition coefficient (Wildman–Crippen LogP) is 3.11. The van der Waals surface area contributed by atoms with Crippen molar-refractivity contribution >= 4 is 34.2 Å². The number of nitrogens with two attached hydrogens (primary N) is 1. The topological polar surface area (TPSA) is 55.1 Å². The van der Waals surface area contributed by atoms with Crippen LogP contribution in [-0.2, 0) is 6.54 Å². The molecule has 2 rings (SSSR count). The van der Waals surface area contributed by atoms with Gasteiger partial charge in [0.15, 0.2) is 0 Å². The van der Waals surface area contributed by atoms with Crippen LogP contribution < -0.4 is 11.1 Å². The van der Waals surface area contributed by atoms with E-state index in [1.54, 1.807) is 0 Å². The molecule has 0 bridgehead atoms. The van der Waals surface area contributed by atoms with Crippen molar-refractivity contribution in [3.8, 4) is 0 Å². The molecule has 2 aromatic carbocycles. The summed E-state index contributed by atoms with van der Waals surface area (Å²) in [6.45, 7) is 2.48. The minimum Gasteiger partial charge on any atom is -0.399 e. The highest BCUT2D eigenvalue weighted by atomic mass is 127. The zero-order valence-electron chi connectivity index (χ0n) is 10.6. The first-order valence-electron chi connectivity index (χ1n) is 5.95. The molecular weight excluding hydrogens is 351 g/mol. The Morgan fingerprint density at radius 1 is 1.26 bits per heavy atom. The van der Waals surface area contributed by atoms with Gasteiger partial charge in [-0.1, -0.05) is 24.3 Å². The monoisotopic (exact) mass is 366 g/mol. The lowest BCUT2D eigenvalue weighted by Crippen LogP contribution is -2.23. The molecule has 0 aliphatic heterocycles. The van der Waals surface area contributed by atoms with Gasteiger partial charge in [-0.3, -0.25) is 4.79 Å². The first kappa shape index (κ1) is 13.9. The summed E-state index contributed by atoms with van der Waals surface area (Å²) in [5.41, 5.74) is 9.23. The normalized spacial score (nSPS) is 10.2. The molecule has 4 heteroatoms. The van der Waals surface area contributed by atoms with E-state index in [-0.39, 0.29) is 5.91 Å². The van der Waals surface area contributed by atoms with Crippen LogP contribution in [0.25, 0.3) is 0 Å². The Balaban J connectivity index is 2.08. The molecule has 0 fully saturated rings. The number of carbonyl (C=O) groups excluding carboxylic acids is 1. The summed E-state index contributed by atoms with van der Waals surface area (Å²) in [6, 6.07) is 13.2. The van der Waals surface area contributed by atoms with Gasteiger partial charge in [-0.25, -0.2) is 0 Å². The van der Waals surface area contributed by atoms with E-state index in [4.69, 9.17) is 5.73 Å². The lowest BCUT2D eigenvalue weighted by atomic mass is 10.1. The first-order chi connectivity index (χ1) is 9.08. The number of amides is 1. The summed E-state index contributed by atoms with van der Waals surface area (Å²) in [6.07, 6.45) is 0. The van der Waals surface area contributed by atoms with Crippen LogP contribution in [0.1, 0.15) is 21.5 Å². The third-order valence-electron chi connectivity index (χ3n) is 2.84. The molecule has 0 saturated carbocycles. The van der Waals surface area contributed by atoms with Gasteiger partial charge in [-0.05, 0) is 58.8 Å². The van der Waals surface area contributed by atoms with Crippen LogP contribution >= 0.6 is 22.6 Å². The number of hydrogen-bond acceptors (Lipinski definition) is 2. The van der Waals surface area contributed by atoms with Gasteiger partial charge in [0, 0.05) is 15.8 Å². The number of benzene rings is 2. The molecule has 0 saturated heterocycles. The molecule has 0 aliphatic rings. The van der Waals surface area contributed by atoms with Gasteiger partial charge in [0.25, 0.3) is 5.91 Å². The van der Waals surface area contributed by atoms with Crippen LogP contribution in [0.15, 0.2) is 42.5 Å². The fraction of sp³-hybridized carbons (Fsp3) is 0.133. The molecule has 1 amide bonds. The van der Waals surface area contributed by atoms with Crippen molar-refractivity contribution in [3.63, 3.8) is 0 Å². The van der Waals surface area contributed by atoms with Crippen molar-refractivity contribution < 1.29 is 4.79 Å². The van der Waals surface area contributed by atoms with Gasteiger partial charge >= 0.3 is 0 Å². The van der Waals surface area contributed by atoms with Crippen LogP contribution in [-0.4, -0.2) is 5.91 Å². The number of nitrogen functional groups attached to an aromatic ring is 1. The first-order valence-corrected chi connectivity index (χ1v) is 7.03. The maximum absolute atomic E-state index is 12.1. The van der Waals surface area contributed by atoms with Crippen molar-refractivity contribution in [1.29, 1.82) is 0 Å². The summed E-state index contributed by atoms with van der Waals surface area (Å²) < 4.78 is 0.991. The van der Waals surface area contributed by atoms with E-state index in [1.807, 2.05) is 49.4 Å². The van der Waals surface area contributed by atoms with Crippen molar-refractivity contribution in [3.05, 3.63) is 62.7 Å². The fourth-order valence-corrected chi connectivity index (χ4v) is 2.41. The van der Waals surface area contributed by atoms with Crippen LogP contribution in [0.3, 0.4) is 0 Å². The predicted molar refractivity (Wildman–Crippen MR) is 85.9 cm³/mol. The number of hydrogen-bond donors (Lipinski definition) is 2. The average Bonchev–Trinajstić information content (AvgIpc) is 2.39. The van der Waals surface area contributed by atoms with Crippen molar-refractivity contribution in [1.82, 2.24) is 5.32 Å². The second-order valence-electron chi connectivity index (χ2n) is 4.36. The van der Waals surface area contributed by atoms with E-state index in [0.717, 1.165) is 14.7 Å². The second-order valence-corrected chi connectivity index (χ2v) is 5.44. The number of nitrogens with one attached hydrogen (secondary N) is 1. The van der Waals surface area contributed by atoms with E-state index >= 15 is 0 Å². The Labute approximate surface area is 126 Å². The van der Waals surface area contributed by atoms with Gasteiger partial charge in [0.05, 0.1) is 5.56 Å². The summed E-state index contributed by atoms with van der Waals surface area (Å²) in [5.74, 6) is -0.0597. The largest absolute Gasteiger partial charge is 0.399 e. The standard InChI is InChI=1S/C15H15IN2O/c1-10-4-2-7-13(14(10)16)15(19)18-9-11-5-3-6-12(17)8-11/h2-8H,9,17H2,1H3,(H,18,19). The Morgan fingerprint density at radius 2 is 2.00 bits per heavy atom. The van der Waals surface area contributed by atoms with E-state index < -0.39 is 0 Å². The van der Waals surface area contributed by atoms with Crippen molar-refractivity contribution in [2.75, 3.05) is 5.73 Å². The number of halogens is 1. The average molecular weight is 366 g/mol. The third-order valence-corrected chi connectivity index (χ3v) is 4.27. The van der Waals surface area contributed by atoms with Crippen LogP contribution in [0.5, 0.6) is 0 Å². The van der Waals surface area contributed by atoms with Gasteiger partial charge in [0.2, 0.25) is 0 Å². The van der Waals surface area contributed by atoms with Gasteiger partial charge in [0.1, 0.15) is 0 Å². The maximum Gasteiger partial charge on any atom is 0.252 e. The van der Waals surface area contributed by atoms with Gasteiger partial charge in [-0.2, -0.15) is 0 Å². The fourth-order valence-electron chi connectivity index (χ4n) is 1.80. The van der Waals surface area contributed by atoms with E-state index in [9.17, 15) is 4.79 Å². The summed E-state index contributed by atoms with van der Waals surface area (Å²) in [4.78, 5) is 12.1. The number of rotatable bonds is 3. The highest BCUT2D eigenvalue weighted by Gasteiger charge is 2.10. The molecular formula is C15H15IN2O. The van der Waals surface area contributed by atoms with E-state index in [2.05, 4.69) is 27.9 Å². The molecule has 0 aromatic heterocycles. The zero-order chi connectivity index (χ0) is 13.8. The van der Waals surface area contributed by atoms with Gasteiger partial charge < -0.3 is 11.1 Å². The van der Waals surface area contributed by atoms with Crippen LogP contribution in [0, 0.1) is 10.5 Å². The molecule has 2 aromatic rings. The van der Waals surface area contributed by atoms with Crippen LogP contribution in [0.2, 0.25) is 0 Å². The number of anilines is 1. The van der Waals surface area contributed by atoms with E-state index in [1.165, 1.54) is 0 Å². The maximum atomic E-state index is 12.1. The molecule has 0 radical (unpaired) electrons. The molecule has 98 valence electrons. The van der Waals surface area contributed by atoms with Crippen molar-refractivity contribution in [2.24, 2.45) is 0 Å². The molecule has 0 atom stereocenters. The third kappa shape index (κ3) is 3.47. The Kier molecular flexibility index (Phi) is 4.42. The molecule has 3 nitrogen and oxygen atoms in total. The molecule has 3 N–H and O–H groups in total. The number of aryl methyl sites for hydroxylation is 1. The Bertz CT molecular complexity index is 611. The lowest BCUT2D eigenvalue weighted by molar-refractivity contribution is 0.0950. The lowest BCUT2D eigenvalue weighted by Gasteiger charge is -2.09. The smallest absolute Gasteiger partial charge is 0.252 e. The van der Waals surface area contributed by atoms with Crippen molar-refractivity contribution in [2.45, 2.75) is 13.5 Å². The quantitative estimate of drug-likeness (QED) is 0.648. The molecule has 0 heterocycles. The Morgan fingerprint density at radius 3 is 2.74 bits per heavy atom. The summed E-state index contributed by atoms with van der Waals surface area (Å²) in [7, 11) is 0. The van der Waals surface area contributed by atoms with E-state index in [0.29, 0.717) is 17.8 Å². The zero-order valence-corrected chi connectivity index (χ0v) is 12.8. The molecule has 0 aliphatic carbocycles. The minimum atomic E-state index is -0.0597.